The van der Waals surface area contributed by atoms with E-state index in [-0.39, 0.29) is 6.61 Å². The van der Waals surface area contributed by atoms with E-state index >= 15 is 0 Å². The highest BCUT2D eigenvalue weighted by molar-refractivity contribution is 5.60. The van der Waals surface area contributed by atoms with Gasteiger partial charge in [-0.1, -0.05) is 0 Å². The molecule has 94 valence electrons. The molecule has 0 spiro atoms. The topological polar surface area (TPSA) is 45.6 Å². The number of aromatic nitrogens is 1. The van der Waals surface area contributed by atoms with Gasteiger partial charge in [-0.15, -0.1) is 0 Å². The molecule has 0 unspecified atom stereocenters. The van der Waals surface area contributed by atoms with Crippen molar-refractivity contribution in [2.75, 3.05) is 19.1 Å². The van der Waals surface area contributed by atoms with Crippen molar-refractivity contribution in [2.24, 2.45) is 0 Å². The number of benzene rings is 1. The molecule has 0 amide bonds. The molecule has 0 bridgehead atoms. The van der Waals surface area contributed by atoms with Gasteiger partial charge in [0.15, 0.2) is 0 Å². The Morgan fingerprint density at radius 2 is 1.94 bits per heavy atom. The number of rotatable bonds is 4. The fourth-order valence-corrected chi connectivity index (χ4v) is 1.68. The van der Waals surface area contributed by atoms with Crippen molar-refractivity contribution in [3.05, 3.63) is 48.2 Å². The van der Waals surface area contributed by atoms with Crippen LogP contribution >= 0.6 is 0 Å². The summed E-state index contributed by atoms with van der Waals surface area (Å²) in [6.45, 7) is 0.0198. The van der Waals surface area contributed by atoms with Gasteiger partial charge in [-0.2, -0.15) is 0 Å². The number of nitrogens with zero attached hydrogens (tertiary/aromatic N) is 2. The van der Waals surface area contributed by atoms with Crippen molar-refractivity contribution in [2.45, 2.75) is 6.61 Å². The normalized spacial score (nSPS) is 10.2. The molecule has 1 aromatic carbocycles. The number of anilines is 2. The van der Waals surface area contributed by atoms with Crippen molar-refractivity contribution < 1.29 is 9.84 Å². The molecular formula is C14H16N2O2. The van der Waals surface area contributed by atoms with E-state index in [4.69, 9.17) is 9.84 Å². The number of hydrogen-bond acceptors (Lipinski definition) is 4. The van der Waals surface area contributed by atoms with E-state index in [2.05, 4.69) is 4.98 Å². The Balaban J connectivity index is 2.25. The highest BCUT2D eigenvalue weighted by atomic mass is 16.5. The van der Waals surface area contributed by atoms with Crippen molar-refractivity contribution in [3.8, 4) is 5.75 Å². The SMILES string of the molecule is COc1ccc(N(C)c2cc(CO)ccn2)cc1. The Kier molecular flexibility index (Phi) is 3.79. The molecule has 0 aliphatic heterocycles. The van der Waals surface area contributed by atoms with Crippen molar-refractivity contribution in [1.29, 1.82) is 0 Å². The summed E-state index contributed by atoms with van der Waals surface area (Å²) in [5.74, 6) is 1.62. The number of ether oxygens (including phenoxy) is 1. The summed E-state index contributed by atoms with van der Waals surface area (Å²) in [6, 6.07) is 11.4. The van der Waals surface area contributed by atoms with Crippen LogP contribution in [0.5, 0.6) is 5.75 Å². The number of aliphatic hydroxyl groups excluding tert-OH is 1. The van der Waals surface area contributed by atoms with Crippen LogP contribution in [-0.2, 0) is 6.61 Å². The number of methoxy groups -OCH3 is 1. The molecule has 4 nitrogen and oxygen atoms in total. The van der Waals surface area contributed by atoms with Crippen LogP contribution in [0, 0.1) is 0 Å². The minimum Gasteiger partial charge on any atom is -0.497 e. The summed E-state index contributed by atoms with van der Waals surface area (Å²) >= 11 is 0. The van der Waals surface area contributed by atoms with Crippen molar-refractivity contribution in [1.82, 2.24) is 4.98 Å². The zero-order valence-electron chi connectivity index (χ0n) is 10.5. The van der Waals surface area contributed by atoms with E-state index in [1.165, 1.54) is 0 Å². The van der Waals surface area contributed by atoms with Gasteiger partial charge in [0.05, 0.1) is 13.7 Å². The molecule has 0 fully saturated rings. The van der Waals surface area contributed by atoms with Gasteiger partial charge in [-0.3, -0.25) is 0 Å². The molecule has 0 radical (unpaired) electrons. The molecule has 1 aromatic heterocycles. The predicted octanol–water partition coefficient (Wildman–Crippen LogP) is 2.35. The van der Waals surface area contributed by atoms with Crippen molar-refractivity contribution in [3.63, 3.8) is 0 Å². The van der Waals surface area contributed by atoms with Gasteiger partial charge in [0, 0.05) is 18.9 Å². The zero-order valence-corrected chi connectivity index (χ0v) is 10.5. The Hall–Kier alpha value is -2.07. The maximum absolute atomic E-state index is 9.12. The van der Waals surface area contributed by atoms with Gasteiger partial charge in [0.1, 0.15) is 11.6 Å². The Bertz CT molecular complexity index is 511. The molecule has 1 N–H and O–H groups in total. The van der Waals surface area contributed by atoms with Crippen LogP contribution in [0.1, 0.15) is 5.56 Å². The molecule has 18 heavy (non-hydrogen) atoms. The summed E-state index contributed by atoms with van der Waals surface area (Å²) < 4.78 is 5.12. The lowest BCUT2D eigenvalue weighted by Crippen LogP contribution is -2.11. The molecule has 0 saturated carbocycles. The molecule has 2 rings (SSSR count). The fraction of sp³-hybridized carbons (Fsp3) is 0.214. The third kappa shape index (κ3) is 2.60. The van der Waals surface area contributed by atoms with Gasteiger partial charge in [0.25, 0.3) is 0 Å². The first-order chi connectivity index (χ1) is 8.74. The lowest BCUT2D eigenvalue weighted by atomic mass is 10.2. The largest absolute Gasteiger partial charge is 0.497 e. The van der Waals surface area contributed by atoms with E-state index in [1.807, 2.05) is 42.3 Å². The summed E-state index contributed by atoms with van der Waals surface area (Å²) in [5.41, 5.74) is 1.86. The molecule has 4 heteroatoms. The summed E-state index contributed by atoms with van der Waals surface area (Å²) in [4.78, 5) is 6.25. The first-order valence-electron chi connectivity index (χ1n) is 5.68. The Morgan fingerprint density at radius 1 is 1.22 bits per heavy atom. The van der Waals surface area contributed by atoms with Crippen LogP contribution < -0.4 is 9.64 Å². The average molecular weight is 244 g/mol. The molecular weight excluding hydrogens is 228 g/mol. The average Bonchev–Trinajstić information content (AvgIpc) is 2.46. The fourth-order valence-electron chi connectivity index (χ4n) is 1.68. The first kappa shape index (κ1) is 12.4. The van der Waals surface area contributed by atoms with E-state index in [1.54, 1.807) is 19.4 Å². The van der Waals surface area contributed by atoms with Gasteiger partial charge >= 0.3 is 0 Å². The number of hydrogen-bond donors (Lipinski definition) is 1. The van der Waals surface area contributed by atoms with Crippen LogP contribution in [0.25, 0.3) is 0 Å². The first-order valence-corrected chi connectivity index (χ1v) is 5.68. The minimum absolute atomic E-state index is 0.0198. The van der Waals surface area contributed by atoms with Gasteiger partial charge < -0.3 is 14.7 Å². The summed E-state index contributed by atoms with van der Waals surface area (Å²) in [7, 11) is 3.58. The quantitative estimate of drug-likeness (QED) is 0.896. The summed E-state index contributed by atoms with van der Waals surface area (Å²) in [6.07, 6.45) is 1.70. The van der Waals surface area contributed by atoms with E-state index in [0.717, 1.165) is 22.8 Å². The van der Waals surface area contributed by atoms with E-state index < -0.39 is 0 Å². The third-order valence-electron chi connectivity index (χ3n) is 2.80. The second-order valence-corrected chi connectivity index (χ2v) is 3.94. The monoisotopic (exact) mass is 244 g/mol. The van der Waals surface area contributed by atoms with Gasteiger partial charge in [-0.25, -0.2) is 4.98 Å². The van der Waals surface area contributed by atoms with Crippen LogP contribution in [0.3, 0.4) is 0 Å². The van der Waals surface area contributed by atoms with Crippen LogP contribution in [0.15, 0.2) is 42.6 Å². The molecule has 1 heterocycles. The Morgan fingerprint density at radius 3 is 2.56 bits per heavy atom. The maximum Gasteiger partial charge on any atom is 0.132 e. The third-order valence-corrected chi connectivity index (χ3v) is 2.80. The molecule has 0 atom stereocenters. The Labute approximate surface area is 106 Å². The second-order valence-electron chi connectivity index (χ2n) is 3.94. The zero-order chi connectivity index (χ0) is 13.0. The van der Waals surface area contributed by atoms with Crippen molar-refractivity contribution >= 4 is 11.5 Å². The van der Waals surface area contributed by atoms with E-state index in [9.17, 15) is 0 Å². The number of pyridine rings is 1. The number of aliphatic hydroxyl groups is 1. The summed E-state index contributed by atoms with van der Waals surface area (Å²) in [5, 5.41) is 9.12. The highest BCUT2D eigenvalue weighted by Gasteiger charge is 2.06. The second kappa shape index (κ2) is 5.51. The molecule has 0 saturated heterocycles. The lowest BCUT2D eigenvalue weighted by molar-refractivity contribution is 0.282. The maximum atomic E-state index is 9.12. The highest BCUT2D eigenvalue weighted by Crippen LogP contribution is 2.24. The molecule has 2 aromatic rings. The van der Waals surface area contributed by atoms with Crippen LogP contribution in [0.2, 0.25) is 0 Å². The van der Waals surface area contributed by atoms with Crippen LogP contribution in [0.4, 0.5) is 11.5 Å². The molecule has 0 aliphatic carbocycles. The lowest BCUT2D eigenvalue weighted by Gasteiger charge is -2.19. The molecule has 0 aliphatic rings. The standard InChI is InChI=1S/C14H16N2O2/c1-16(12-3-5-13(18-2)6-4-12)14-9-11(10-17)7-8-15-14/h3-9,17H,10H2,1-2H3. The van der Waals surface area contributed by atoms with E-state index in [0.29, 0.717) is 0 Å². The smallest absolute Gasteiger partial charge is 0.132 e. The van der Waals surface area contributed by atoms with Gasteiger partial charge in [0.2, 0.25) is 0 Å². The van der Waals surface area contributed by atoms with Crippen LogP contribution in [-0.4, -0.2) is 24.2 Å². The minimum atomic E-state index is 0.0198. The predicted molar refractivity (Wildman–Crippen MR) is 71.2 cm³/mol. The van der Waals surface area contributed by atoms with Gasteiger partial charge in [-0.05, 0) is 42.0 Å².